The molecule has 0 aromatic carbocycles. The molecule has 2 aliphatic rings. The molecule has 4 heteroatoms. The molecule has 0 aliphatic carbocycles. The van der Waals surface area contributed by atoms with E-state index in [2.05, 4.69) is 11.9 Å². The van der Waals surface area contributed by atoms with E-state index in [1.165, 1.54) is 19.3 Å². The molecule has 2 fully saturated rings. The number of carbonyl (C=O) groups is 1. The van der Waals surface area contributed by atoms with E-state index in [1.807, 2.05) is 9.80 Å². The maximum atomic E-state index is 12.2. The molecule has 0 bridgehead atoms. The fourth-order valence-corrected chi connectivity index (χ4v) is 2.52. The van der Waals surface area contributed by atoms with Crippen LogP contribution in [0.15, 0.2) is 0 Å². The summed E-state index contributed by atoms with van der Waals surface area (Å²) in [6.45, 7) is 5.88. The van der Waals surface area contributed by atoms with Gasteiger partial charge in [0.05, 0.1) is 0 Å². The van der Waals surface area contributed by atoms with Gasteiger partial charge in [-0.15, -0.1) is 0 Å². The molecule has 16 heavy (non-hydrogen) atoms. The second-order valence-corrected chi connectivity index (χ2v) is 4.97. The highest BCUT2D eigenvalue weighted by Gasteiger charge is 2.23. The van der Waals surface area contributed by atoms with Crippen molar-refractivity contribution in [1.82, 2.24) is 14.7 Å². The van der Waals surface area contributed by atoms with Crippen molar-refractivity contribution >= 4 is 6.03 Å². The van der Waals surface area contributed by atoms with Gasteiger partial charge in [-0.2, -0.15) is 0 Å². The third-order valence-electron chi connectivity index (χ3n) is 3.62. The van der Waals surface area contributed by atoms with Gasteiger partial charge in [-0.1, -0.05) is 0 Å². The number of carbonyl (C=O) groups excluding carboxylic acids is 1. The molecule has 2 heterocycles. The summed E-state index contributed by atoms with van der Waals surface area (Å²) in [6, 6.07) is 0.273. The van der Waals surface area contributed by atoms with Gasteiger partial charge in [-0.3, -0.25) is 0 Å². The summed E-state index contributed by atoms with van der Waals surface area (Å²) in [7, 11) is 2.13. The third-order valence-corrected chi connectivity index (χ3v) is 3.62. The van der Waals surface area contributed by atoms with E-state index in [4.69, 9.17) is 0 Å². The molecule has 0 aromatic heterocycles. The van der Waals surface area contributed by atoms with Crippen molar-refractivity contribution in [2.24, 2.45) is 0 Å². The maximum absolute atomic E-state index is 12.2. The van der Waals surface area contributed by atoms with Gasteiger partial charge >= 0.3 is 6.03 Å². The molecule has 2 rings (SSSR count). The summed E-state index contributed by atoms with van der Waals surface area (Å²) in [4.78, 5) is 18.6. The van der Waals surface area contributed by atoms with E-state index < -0.39 is 0 Å². The number of amides is 2. The van der Waals surface area contributed by atoms with Crippen LogP contribution < -0.4 is 0 Å². The first kappa shape index (κ1) is 11.7. The lowest BCUT2D eigenvalue weighted by molar-refractivity contribution is 0.145. The van der Waals surface area contributed by atoms with Gasteiger partial charge in [0, 0.05) is 32.7 Å². The van der Waals surface area contributed by atoms with Crippen LogP contribution in [0.5, 0.6) is 0 Å². The van der Waals surface area contributed by atoms with Gasteiger partial charge in [0.15, 0.2) is 0 Å². The van der Waals surface area contributed by atoms with Crippen molar-refractivity contribution in [3.8, 4) is 0 Å². The van der Waals surface area contributed by atoms with E-state index in [-0.39, 0.29) is 6.03 Å². The zero-order chi connectivity index (χ0) is 11.4. The van der Waals surface area contributed by atoms with Gasteiger partial charge in [0.1, 0.15) is 0 Å². The second kappa shape index (κ2) is 5.53. The van der Waals surface area contributed by atoms with Crippen LogP contribution >= 0.6 is 0 Å². The standard InChI is InChI=1S/C12H23N3O/c1-13-6-5-9-15(11-10-13)12(16)14-7-3-2-4-8-14/h2-11H2,1H3. The van der Waals surface area contributed by atoms with Crippen LogP contribution in [0.2, 0.25) is 0 Å². The number of likely N-dealkylation sites (tertiary alicyclic amines) is 1. The molecule has 0 unspecified atom stereocenters. The van der Waals surface area contributed by atoms with Crippen molar-refractivity contribution in [3.63, 3.8) is 0 Å². The average Bonchev–Trinajstić information content (AvgIpc) is 2.54. The van der Waals surface area contributed by atoms with Crippen LogP contribution in [0.1, 0.15) is 25.7 Å². The highest BCUT2D eigenvalue weighted by Crippen LogP contribution is 2.12. The van der Waals surface area contributed by atoms with Crippen LogP contribution in [0.3, 0.4) is 0 Å². The molecule has 0 aromatic rings. The van der Waals surface area contributed by atoms with Crippen molar-refractivity contribution in [3.05, 3.63) is 0 Å². The fraction of sp³-hybridized carbons (Fsp3) is 0.917. The van der Waals surface area contributed by atoms with E-state index in [0.29, 0.717) is 0 Å². The van der Waals surface area contributed by atoms with Crippen molar-refractivity contribution in [2.75, 3.05) is 46.3 Å². The molecule has 2 saturated heterocycles. The Kier molecular flexibility index (Phi) is 4.04. The molecule has 2 amide bonds. The molecule has 0 N–H and O–H groups in total. The van der Waals surface area contributed by atoms with Crippen LogP contribution in [0, 0.1) is 0 Å². The molecule has 0 saturated carbocycles. The lowest BCUT2D eigenvalue weighted by atomic mass is 10.1. The minimum absolute atomic E-state index is 0.273. The first-order valence-electron chi connectivity index (χ1n) is 6.50. The van der Waals surface area contributed by atoms with Gasteiger partial charge in [0.25, 0.3) is 0 Å². The van der Waals surface area contributed by atoms with Crippen LogP contribution in [0.4, 0.5) is 4.79 Å². The van der Waals surface area contributed by atoms with Gasteiger partial charge in [-0.05, 0) is 39.3 Å². The first-order chi connectivity index (χ1) is 7.77. The minimum Gasteiger partial charge on any atom is -0.325 e. The molecular formula is C12H23N3O. The number of likely N-dealkylation sites (N-methyl/N-ethyl adjacent to an activating group) is 1. The summed E-state index contributed by atoms with van der Waals surface area (Å²) in [5.74, 6) is 0. The highest BCUT2D eigenvalue weighted by molar-refractivity contribution is 5.74. The number of hydrogen-bond donors (Lipinski definition) is 0. The van der Waals surface area contributed by atoms with Crippen LogP contribution in [0.25, 0.3) is 0 Å². The Morgan fingerprint density at radius 1 is 0.750 bits per heavy atom. The average molecular weight is 225 g/mol. The molecule has 92 valence electrons. The van der Waals surface area contributed by atoms with Gasteiger partial charge in [0.2, 0.25) is 0 Å². The predicted octanol–water partition coefficient (Wildman–Crippen LogP) is 1.23. The quantitative estimate of drug-likeness (QED) is 0.620. The van der Waals surface area contributed by atoms with Crippen molar-refractivity contribution in [2.45, 2.75) is 25.7 Å². The van der Waals surface area contributed by atoms with E-state index >= 15 is 0 Å². The molecule has 4 nitrogen and oxygen atoms in total. The minimum atomic E-state index is 0.273. The van der Waals surface area contributed by atoms with Gasteiger partial charge < -0.3 is 14.7 Å². The maximum Gasteiger partial charge on any atom is 0.320 e. The van der Waals surface area contributed by atoms with E-state index in [9.17, 15) is 4.79 Å². The predicted molar refractivity (Wildman–Crippen MR) is 64.5 cm³/mol. The summed E-state index contributed by atoms with van der Waals surface area (Å²) in [5.41, 5.74) is 0. The largest absolute Gasteiger partial charge is 0.325 e. The summed E-state index contributed by atoms with van der Waals surface area (Å²) >= 11 is 0. The number of rotatable bonds is 0. The number of urea groups is 1. The lowest BCUT2D eigenvalue weighted by Gasteiger charge is -2.32. The monoisotopic (exact) mass is 225 g/mol. The lowest BCUT2D eigenvalue weighted by Crippen LogP contribution is -2.46. The number of piperidine rings is 1. The second-order valence-electron chi connectivity index (χ2n) is 4.97. The Labute approximate surface area is 98.2 Å². The Bertz CT molecular complexity index is 238. The zero-order valence-corrected chi connectivity index (χ0v) is 10.3. The van der Waals surface area contributed by atoms with Gasteiger partial charge in [-0.25, -0.2) is 4.79 Å². The number of nitrogens with zero attached hydrogens (tertiary/aromatic N) is 3. The topological polar surface area (TPSA) is 26.8 Å². The first-order valence-corrected chi connectivity index (χ1v) is 6.50. The summed E-state index contributed by atoms with van der Waals surface area (Å²) in [5, 5.41) is 0. The molecule has 2 aliphatic heterocycles. The Hall–Kier alpha value is -0.770. The van der Waals surface area contributed by atoms with E-state index in [0.717, 1.165) is 45.7 Å². The Morgan fingerprint density at radius 3 is 2.12 bits per heavy atom. The number of hydrogen-bond acceptors (Lipinski definition) is 2. The van der Waals surface area contributed by atoms with Crippen molar-refractivity contribution in [1.29, 1.82) is 0 Å². The molecule has 0 atom stereocenters. The summed E-state index contributed by atoms with van der Waals surface area (Å²) < 4.78 is 0. The molecular weight excluding hydrogens is 202 g/mol. The Balaban J connectivity index is 1.87. The zero-order valence-electron chi connectivity index (χ0n) is 10.3. The molecule has 0 spiro atoms. The smallest absolute Gasteiger partial charge is 0.320 e. The van der Waals surface area contributed by atoms with Crippen LogP contribution in [-0.4, -0.2) is 67.0 Å². The third kappa shape index (κ3) is 2.88. The molecule has 0 radical (unpaired) electrons. The van der Waals surface area contributed by atoms with Crippen LogP contribution in [-0.2, 0) is 0 Å². The van der Waals surface area contributed by atoms with E-state index in [1.54, 1.807) is 0 Å². The van der Waals surface area contributed by atoms with Crippen molar-refractivity contribution < 1.29 is 4.79 Å². The normalized spacial score (nSPS) is 24.3. The fourth-order valence-electron chi connectivity index (χ4n) is 2.52. The Morgan fingerprint density at radius 2 is 1.38 bits per heavy atom. The highest BCUT2D eigenvalue weighted by atomic mass is 16.2. The SMILES string of the molecule is CN1CCCN(C(=O)N2CCCCC2)CC1. The summed E-state index contributed by atoms with van der Waals surface area (Å²) in [6.07, 6.45) is 4.75.